The first-order chi connectivity index (χ1) is 5.57. The molecule has 0 heterocycles. The predicted octanol–water partition coefficient (Wildman–Crippen LogP) is 2.42. The van der Waals surface area contributed by atoms with Crippen LogP contribution in [0.25, 0.3) is 0 Å². The van der Waals surface area contributed by atoms with Crippen LogP contribution in [0.5, 0.6) is 0 Å². The molecule has 0 amide bonds. The SMILES string of the molecule is CCCC(C)C(=O)COC(C)C. The molecule has 0 aromatic carbocycles. The van der Waals surface area contributed by atoms with Gasteiger partial charge >= 0.3 is 0 Å². The summed E-state index contributed by atoms with van der Waals surface area (Å²) >= 11 is 0. The fourth-order valence-electron chi connectivity index (χ4n) is 0.985. The molecule has 12 heavy (non-hydrogen) atoms. The van der Waals surface area contributed by atoms with E-state index in [0.717, 1.165) is 12.8 Å². The van der Waals surface area contributed by atoms with Gasteiger partial charge in [0.15, 0.2) is 5.78 Å². The van der Waals surface area contributed by atoms with E-state index in [9.17, 15) is 4.79 Å². The zero-order valence-electron chi connectivity index (χ0n) is 8.59. The highest BCUT2D eigenvalue weighted by molar-refractivity contribution is 5.81. The molecule has 2 heteroatoms. The maximum Gasteiger partial charge on any atom is 0.161 e. The molecular weight excluding hydrogens is 152 g/mol. The van der Waals surface area contributed by atoms with Crippen molar-refractivity contribution in [1.29, 1.82) is 0 Å². The minimum atomic E-state index is 0.155. The minimum Gasteiger partial charge on any atom is -0.371 e. The molecule has 0 aromatic rings. The molecule has 1 atom stereocenters. The lowest BCUT2D eigenvalue weighted by atomic mass is 10.0. The smallest absolute Gasteiger partial charge is 0.161 e. The summed E-state index contributed by atoms with van der Waals surface area (Å²) in [6.45, 7) is 8.22. The second kappa shape index (κ2) is 6.18. The van der Waals surface area contributed by atoms with E-state index in [1.54, 1.807) is 0 Å². The largest absolute Gasteiger partial charge is 0.371 e. The van der Waals surface area contributed by atoms with E-state index in [0.29, 0.717) is 0 Å². The molecule has 0 fully saturated rings. The Kier molecular flexibility index (Phi) is 5.99. The summed E-state index contributed by atoms with van der Waals surface area (Å²) in [5.74, 6) is 0.388. The molecular formula is C10H20O2. The van der Waals surface area contributed by atoms with E-state index in [1.807, 2.05) is 20.8 Å². The number of rotatable bonds is 6. The van der Waals surface area contributed by atoms with E-state index < -0.39 is 0 Å². The third-order valence-corrected chi connectivity index (χ3v) is 1.83. The number of Topliss-reactive ketones (excluding diaryl/α,β-unsaturated/α-hetero) is 1. The molecule has 0 aliphatic rings. The third-order valence-electron chi connectivity index (χ3n) is 1.83. The summed E-state index contributed by atoms with van der Waals surface area (Å²) in [5.41, 5.74) is 0. The van der Waals surface area contributed by atoms with Crippen LogP contribution in [0.1, 0.15) is 40.5 Å². The lowest BCUT2D eigenvalue weighted by molar-refractivity contribution is -0.128. The van der Waals surface area contributed by atoms with Crippen molar-refractivity contribution in [3.63, 3.8) is 0 Å². The Morgan fingerprint density at radius 3 is 2.33 bits per heavy atom. The Labute approximate surface area is 75.3 Å². The van der Waals surface area contributed by atoms with Gasteiger partial charge in [-0.2, -0.15) is 0 Å². The third kappa shape index (κ3) is 5.30. The van der Waals surface area contributed by atoms with Crippen LogP contribution in [0, 0.1) is 5.92 Å². The van der Waals surface area contributed by atoms with Gasteiger partial charge in [0, 0.05) is 5.92 Å². The summed E-state index contributed by atoms with van der Waals surface area (Å²) in [7, 11) is 0. The fraction of sp³-hybridized carbons (Fsp3) is 0.900. The standard InChI is InChI=1S/C10H20O2/c1-5-6-9(4)10(11)7-12-8(2)3/h8-9H,5-7H2,1-4H3. The monoisotopic (exact) mass is 172 g/mol. The number of ether oxygens (including phenoxy) is 1. The van der Waals surface area contributed by atoms with Gasteiger partial charge in [-0.25, -0.2) is 0 Å². The normalized spacial score (nSPS) is 13.4. The second-order valence-corrected chi connectivity index (χ2v) is 3.52. The quantitative estimate of drug-likeness (QED) is 0.615. The molecule has 0 bridgehead atoms. The maximum atomic E-state index is 11.3. The van der Waals surface area contributed by atoms with Crippen molar-refractivity contribution < 1.29 is 9.53 Å². The summed E-state index contributed by atoms with van der Waals surface area (Å²) in [4.78, 5) is 11.3. The highest BCUT2D eigenvalue weighted by atomic mass is 16.5. The molecule has 0 N–H and O–H groups in total. The zero-order chi connectivity index (χ0) is 9.56. The highest BCUT2D eigenvalue weighted by Gasteiger charge is 2.11. The van der Waals surface area contributed by atoms with Crippen LogP contribution in [0.3, 0.4) is 0 Å². The Bertz CT molecular complexity index is 130. The molecule has 0 saturated heterocycles. The van der Waals surface area contributed by atoms with Crippen LogP contribution < -0.4 is 0 Å². The van der Waals surface area contributed by atoms with E-state index in [4.69, 9.17) is 4.74 Å². The lowest BCUT2D eigenvalue weighted by Gasteiger charge is -2.10. The molecule has 2 nitrogen and oxygen atoms in total. The van der Waals surface area contributed by atoms with Gasteiger partial charge in [0.2, 0.25) is 0 Å². The number of ketones is 1. The molecule has 0 saturated carbocycles. The van der Waals surface area contributed by atoms with Crippen LogP contribution in [0.4, 0.5) is 0 Å². The van der Waals surface area contributed by atoms with Crippen LogP contribution in [0.15, 0.2) is 0 Å². The van der Waals surface area contributed by atoms with Crippen LogP contribution >= 0.6 is 0 Å². The average molecular weight is 172 g/mol. The zero-order valence-corrected chi connectivity index (χ0v) is 8.59. The molecule has 0 aliphatic heterocycles. The van der Waals surface area contributed by atoms with Gasteiger partial charge in [-0.15, -0.1) is 0 Å². The first-order valence-electron chi connectivity index (χ1n) is 4.72. The van der Waals surface area contributed by atoms with Crippen LogP contribution in [-0.2, 0) is 9.53 Å². The number of carbonyl (C=O) groups is 1. The number of carbonyl (C=O) groups excluding carboxylic acids is 1. The Morgan fingerprint density at radius 1 is 1.33 bits per heavy atom. The Hall–Kier alpha value is -0.370. The van der Waals surface area contributed by atoms with Crippen LogP contribution in [0.2, 0.25) is 0 Å². The van der Waals surface area contributed by atoms with Crippen LogP contribution in [-0.4, -0.2) is 18.5 Å². The first-order valence-corrected chi connectivity index (χ1v) is 4.72. The molecule has 0 aromatic heterocycles. The highest BCUT2D eigenvalue weighted by Crippen LogP contribution is 2.06. The Balaban J connectivity index is 3.57. The molecule has 0 aliphatic carbocycles. The van der Waals surface area contributed by atoms with Crippen molar-refractivity contribution in [2.75, 3.05) is 6.61 Å². The summed E-state index contributed by atoms with van der Waals surface area (Å²) in [5, 5.41) is 0. The summed E-state index contributed by atoms with van der Waals surface area (Å²) in [6, 6.07) is 0. The van der Waals surface area contributed by atoms with Gasteiger partial charge in [-0.3, -0.25) is 4.79 Å². The maximum absolute atomic E-state index is 11.3. The second-order valence-electron chi connectivity index (χ2n) is 3.52. The van der Waals surface area contributed by atoms with Gasteiger partial charge in [0.1, 0.15) is 6.61 Å². The van der Waals surface area contributed by atoms with E-state index >= 15 is 0 Å². The molecule has 0 rings (SSSR count). The number of hydrogen-bond donors (Lipinski definition) is 0. The fourth-order valence-corrected chi connectivity index (χ4v) is 0.985. The minimum absolute atomic E-state index is 0.155. The van der Waals surface area contributed by atoms with Gasteiger partial charge in [0.25, 0.3) is 0 Å². The Morgan fingerprint density at radius 2 is 1.92 bits per heavy atom. The molecule has 1 unspecified atom stereocenters. The van der Waals surface area contributed by atoms with Crippen molar-refractivity contribution >= 4 is 5.78 Å². The van der Waals surface area contributed by atoms with Gasteiger partial charge in [-0.05, 0) is 20.3 Å². The number of hydrogen-bond acceptors (Lipinski definition) is 2. The average Bonchev–Trinajstić information content (AvgIpc) is 2.00. The van der Waals surface area contributed by atoms with E-state index in [1.165, 1.54) is 0 Å². The molecule has 72 valence electrons. The summed E-state index contributed by atoms with van der Waals surface area (Å²) < 4.78 is 5.22. The van der Waals surface area contributed by atoms with E-state index in [-0.39, 0.29) is 24.4 Å². The molecule has 0 radical (unpaired) electrons. The van der Waals surface area contributed by atoms with Gasteiger partial charge in [-0.1, -0.05) is 20.3 Å². The van der Waals surface area contributed by atoms with Crippen molar-refractivity contribution in [2.24, 2.45) is 5.92 Å². The topological polar surface area (TPSA) is 26.3 Å². The lowest BCUT2D eigenvalue weighted by Crippen LogP contribution is -2.19. The van der Waals surface area contributed by atoms with Crippen molar-refractivity contribution in [3.05, 3.63) is 0 Å². The predicted molar refractivity (Wildman–Crippen MR) is 50.2 cm³/mol. The van der Waals surface area contributed by atoms with Gasteiger partial charge < -0.3 is 4.74 Å². The molecule has 0 spiro atoms. The van der Waals surface area contributed by atoms with Crippen molar-refractivity contribution in [2.45, 2.75) is 46.6 Å². The van der Waals surface area contributed by atoms with Crippen molar-refractivity contribution in [1.82, 2.24) is 0 Å². The van der Waals surface area contributed by atoms with E-state index in [2.05, 4.69) is 6.92 Å². The summed E-state index contributed by atoms with van der Waals surface area (Å²) in [6.07, 6.45) is 2.19. The van der Waals surface area contributed by atoms with Gasteiger partial charge in [0.05, 0.1) is 6.10 Å². The first kappa shape index (κ1) is 11.6. The van der Waals surface area contributed by atoms with Crippen molar-refractivity contribution in [3.8, 4) is 0 Å².